The number of rotatable bonds is 4. The number of hydrogen-bond donors (Lipinski definition) is 2. The Morgan fingerprint density at radius 1 is 1.24 bits per heavy atom. The Bertz CT molecular complexity index is 343. The minimum Gasteiger partial charge on any atom is -0.453 e. The number of hydrogen-bond acceptors (Lipinski definition) is 3. The number of furan rings is 1. The van der Waals surface area contributed by atoms with Gasteiger partial charge in [-0.05, 0) is 40.9 Å². The fourth-order valence-electron chi connectivity index (χ4n) is 2.43. The van der Waals surface area contributed by atoms with Crippen molar-refractivity contribution < 1.29 is 9.52 Å². The number of nitrogens with one attached hydrogen (secondary N) is 1. The van der Waals surface area contributed by atoms with Gasteiger partial charge in [0.25, 0.3) is 0 Å². The van der Waals surface area contributed by atoms with Gasteiger partial charge in [-0.1, -0.05) is 25.7 Å². The van der Waals surface area contributed by atoms with E-state index in [1.54, 1.807) is 0 Å². The van der Waals surface area contributed by atoms with Gasteiger partial charge in [0.15, 0.2) is 4.67 Å². The molecule has 17 heavy (non-hydrogen) atoms. The third kappa shape index (κ3) is 4.12. The first-order valence-corrected chi connectivity index (χ1v) is 7.15. The molecule has 2 rings (SSSR count). The zero-order valence-corrected chi connectivity index (χ0v) is 11.6. The normalized spacial score (nSPS) is 20.1. The Hall–Kier alpha value is -0.320. The van der Waals surface area contributed by atoms with Crippen LogP contribution in [-0.2, 0) is 6.54 Å². The fourth-order valence-corrected chi connectivity index (χ4v) is 2.77. The average Bonchev–Trinajstić information content (AvgIpc) is 2.58. The molecular weight excluding hydrogens is 282 g/mol. The van der Waals surface area contributed by atoms with Crippen LogP contribution in [0.3, 0.4) is 0 Å². The van der Waals surface area contributed by atoms with Crippen molar-refractivity contribution in [2.75, 3.05) is 6.54 Å². The summed E-state index contributed by atoms with van der Waals surface area (Å²) in [5.74, 6) is 0.897. The van der Waals surface area contributed by atoms with Crippen molar-refractivity contribution in [3.05, 3.63) is 22.6 Å². The van der Waals surface area contributed by atoms with Gasteiger partial charge >= 0.3 is 0 Å². The Kier molecular flexibility index (Phi) is 4.65. The highest BCUT2D eigenvalue weighted by Crippen LogP contribution is 2.26. The van der Waals surface area contributed by atoms with Gasteiger partial charge in [-0.3, -0.25) is 0 Å². The van der Waals surface area contributed by atoms with Crippen LogP contribution in [0.15, 0.2) is 21.2 Å². The molecule has 0 aliphatic heterocycles. The van der Waals surface area contributed by atoms with Gasteiger partial charge in [-0.15, -0.1) is 0 Å². The topological polar surface area (TPSA) is 45.4 Å². The highest BCUT2D eigenvalue weighted by molar-refractivity contribution is 9.10. The van der Waals surface area contributed by atoms with E-state index in [0.717, 1.165) is 36.1 Å². The van der Waals surface area contributed by atoms with Crippen LogP contribution in [0, 0.1) is 0 Å². The summed E-state index contributed by atoms with van der Waals surface area (Å²) >= 11 is 3.28. The van der Waals surface area contributed by atoms with Crippen LogP contribution >= 0.6 is 15.9 Å². The van der Waals surface area contributed by atoms with Crippen molar-refractivity contribution in [3.8, 4) is 0 Å². The van der Waals surface area contributed by atoms with E-state index in [9.17, 15) is 5.11 Å². The zero-order valence-electron chi connectivity index (χ0n) is 10.0. The molecule has 3 nitrogen and oxygen atoms in total. The minimum absolute atomic E-state index is 0.514. The molecule has 4 heteroatoms. The maximum absolute atomic E-state index is 10.4. The summed E-state index contributed by atoms with van der Waals surface area (Å²) in [5, 5.41) is 13.7. The smallest absolute Gasteiger partial charge is 0.169 e. The minimum atomic E-state index is -0.514. The molecule has 0 atom stereocenters. The molecule has 1 aliphatic carbocycles. The predicted molar refractivity (Wildman–Crippen MR) is 70.8 cm³/mol. The summed E-state index contributed by atoms with van der Waals surface area (Å²) in [5.41, 5.74) is -0.514. The first kappa shape index (κ1) is 13.1. The second kappa shape index (κ2) is 6.03. The predicted octanol–water partition coefficient (Wildman–Crippen LogP) is 3.22. The standard InChI is InChI=1S/C13H20BrNO2/c14-12-6-5-11(17-12)9-15-10-13(16)7-3-1-2-4-8-13/h5-6,15-16H,1-4,7-10H2. The molecule has 0 spiro atoms. The van der Waals surface area contributed by atoms with Crippen LogP contribution in [-0.4, -0.2) is 17.3 Å². The van der Waals surface area contributed by atoms with E-state index in [1.807, 2.05) is 12.1 Å². The third-order valence-electron chi connectivity index (χ3n) is 3.42. The van der Waals surface area contributed by atoms with Crippen LogP contribution in [0.4, 0.5) is 0 Å². The van der Waals surface area contributed by atoms with Crippen LogP contribution in [0.25, 0.3) is 0 Å². The van der Waals surface area contributed by atoms with Crippen molar-refractivity contribution in [2.24, 2.45) is 0 Å². The molecule has 0 bridgehead atoms. The summed E-state index contributed by atoms with van der Waals surface area (Å²) in [6.07, 6.45) is 6.64. The quantitative estimate of drug-likeness (QED) is 0.840. The van der Waals surface area contributed by atoms with Gasteiger partial charge in [-0.2, -0.15) is 0 Å². The van der Waals surface area contributed by atoms with Gasteiger partial charge in [0.1, 0.15) is 5.76 Å². The molecule has 0 unspecified atom stereocenters. The van der Waals surface area contributed by atoms with Crippen LogP contribution in [0.2, 0.25) is 0 Å². The summed E-state index contributed by atoms with van der Waals surface area (Å²) in [6.45, 7) is 1.33. The highest BCUT2D eigenvalue weighted by atomic mass is 79.9. The van der Waals surface area contributed by atoms with Gasteiger partial charge < -0.3 is 14.8 Å². The molecule has 2 N–H and O–H groups in total. The monoisotopic (exact) mass is 301 g/mol. The lowest BCUT2D eigenvalue weighted by Crippen LogP contribution is -2.39. The van der Waals surface area contributed by atoms with E-state index in [1.165, 1.54) is 12.8 Å². The molecule has 1 aromatic rings. The maximum atomic E-state index is 10.4. The van der Waals surface area contributed by atoms with E-state index in [2.05, 4.69) is 21.2 Å². The molecule has 0 radical (unpaired) electrons. The second-order valence-corrected chi connectivity index (χ2v) is 5.73. The lowest BCUT2D eigenvalue weighted by atomic mass is 9.94. The summed E-state index contributed by atoms with van der Waals surface area (Å²) < 4.78 is 6.16. The molecule has 0 aromatic carbocycles. The van der Waals surface area contributed by atoms with Crippen molar-refractivity contribution in [1.82, 2.24) is 5.32 Å². The zero-order chi connectivity index (χ0) is 12.1. The summed E-state index contributed by atoms with van der Waals surface area (Å²) in [6, 6.07) is 3.82. The van der Waals surface area contributed by atoms with Crippen molar-refractivity contribution >= 4 is 15.9 Å². The Morgan fingerprint density at radius 2 is 1.94 bits per heavy atom. The van der Waals surface area contributed by atoms with Gasteiger partial charge in [0.05, 0.1) is 12.1 Å². The van der Waals surface area contributed by atoms with Crippen molar-refractivity contribution in [3.63, 3.8) is 0 Å². The van der Waals surface area contributed by atoms with E-state index < -0.39 is 5.60 Å². The van der Waals surface area contributed by atoms with Gasteiger partial charge in [-0.25, -0.2) is 0 Å². The van der Waals surface area contributed by atoms with E-state index in [-0.39, 0.29) is 0 Å². The van der Waals surface area contributed by atoms with Crippen LogP contribution in [0.1, 0.15) is 44.3 Å². The molecule has 1 saturated carbocycles. The van der Waals surface area contributed by atoms with Crippen LogP contribution in [0.5, 0.6) is 0 Å². The number of aliphatic hydroxyl groups is 1. The largest absolute Gasteiger partial charge is 0.453 e. The van der Waals surface area contributed by atoms with Crippen molar-refractivity contribution in [1.29, 1.82) is 0 Å². The summed E-state index contributed by atoms with van der Waals surface area (Å²) in [4.78, 5) is 0. The summed E-state index contributed by atoms with van der Waals surface area (Å²) in [7, 11) is 0. The Balaban J connectivity index is 1.76. The first-order valence-electron chi connectivity index (χ1n) is 6.35. The van der Waals surface area contributed by atoms with E-state index >= 15 is 0 Å². The van der Waals surface area contributed by atoms with E-state index in [4.69, 9.17) is 4.42 Å². The third-order valence-corrected chi connectivity index (χ3v) is 3.84. The lowest BCUT2D eigenvalue weighted by molar-refractivity contribution is 0.0247. The van der Waals surface area contributed by atoms with E-state index in [0.29, 0.717) is 13.1 Å². The molecule has 0 amide bonds. The second-order valence-electron chi connectivity index (χ2n) is 4.95. The molecule has 96 valence electrons. The molecule has 1 aromatic heterocycles. The molecule has 1 fully saturated rings. The molecule has 0 saturated heterocycles. The molecule has 1 aliphatic rings. The fraction of sp³-hybridized carbons (Fsp3) is 0.692. The Morgan fingerprint density at radius 3 is 2.53 bits per heavy atom. The highest BCUT2D eigenvalue weighted by Gasteiger charge is 2.27. The maximum Gasteiger partial charge on any atom is 0.169 e. The Labute approximate surface area is 111 Å². The molecule has 1 heterocycles. The number of halogens is 1. The van der Waals surface area contributed by atoms with Crippen LogP contribution < -0.4 is 5.32 Å². The van der Waals surface area contributed by atoms with Crippen molar-refractivity contribution in [2.45, 2.75) is 50.7 Å². The first-order chi connectivity index (χ1) is 8.18. The molecular formula is C13H20BrNO2. The van der Waals surface area contributed by atoms with Gasteiger partial charge in [0.2, 0.25) is 0 Å². The average molecular weight is 302 g/mol. The van der Waals surface area contributed by atoms with Gasteiger partial charge in [0, 0.05) is 6.54 Å². The lowest BCUT2D eigenvalue weighted by Gasteiger charge is -2.26. The SMILES string of the molecule is OC1(CNCc2ccc(Br)o2)CCCCCC1.